The Balaban J connectivity index is 0.740. The van der Waals surface area contributed by atoms with Crippen molar-refractivity contribution in [1.82, 2.24) is 50.4 Å². The molecule has 1 aliphatic rings. The molecule has 0 spiro atoms. The van der Waals surface area contributed by atoms with E-state index in [1.54, 1.807) is 63.8 Å². The Hall–Kier alpha value is -8.48. The van der Waals surface area contributed by atoms with Crippen LogP contribution in [0.4, 0.5) is 14.5 Å². The van der Waals surface area contributed by atoms with Gasteiger partial charge in [-0.2, -0.15) is 0 Å². The Kier molecular flexibility index (Phi) is 17.8. The monoisotopic (exact) mass is 1160 g/mol. The molecular formula is C58H61F2N11O9S2. The molecule has 5 N–H and O–H groups in total. The number of halogens is 2. The normalized spacial score (nSPS) is 14.9. The van der Waals surface area contributed by atoms with E-state index >= 15 is 0 Å². The van der Waals surface area contributed by atoms with Gasteiger partial charge < -0.3 is 35.1 Å². The molecule has 1 fully saturated rings. The molecule has 0 saturated carbocycles. The van der Waals surface area contributed by atoms with E-state index in [9.17, 15) is 41.5 Å². The van der Waals surface area contributed by atoms with E-state index in [-0.39, 0.29) is 67.0 Å². The fraction of sp³-hybridized carbons (Fsp3) is 0.328. The largest absolute Gasteiger partial charge is 0.480 e. The highest BCUT2D eigenvalue weighted by Gasteiger charge is 2.44. The van der Waals surface area contributed by atoms with Crippen molar-refractivity contribution in [3.63, 3.8) is 0 Å². The summed E-state index contributed by atoms with van der Waals surface area (Å²) in [6.07, 6.45) is 7.68. The number of carbonyl (C=O) groups excluding carboxylic acids is 4. The van der Waals surface area contributed by atoms with Gasteiger partial charge >= 0.3 is 0 Å². The van der Waals surface area contributed by atoms with Crippen molar-refractivity contribution in [3.05, 3.63) is 137 Å². The van der Waals surface area contributed by atoms with Crippen LogP contribution in [0.2, 0.25) is 0 Å². The molecule has 0 bridgehead atoms. The van der Waals surface area contributed by atoms with E-state index < -0.39 is 56.1 Å². The van der Waals surface area contributed by atoms with Crippen LogP contribution in [0.1, 0.15) is 87.3 Å². The summed E-state index contributed by atoms with van der Waals surface area (Å²) >= 11 is 1.56. The number of amides is 4. The fourth-order valence-corrected chi connectivity index (χ4v) is 11.5. The third-order valence-corrected chi connectivity index (χ3v) is 16.3. The van der Waals surface area contributed by atoms with Crippen molar-refractivity contribution in [3.8, 4) is 50.5 Å². The smallest absolute Gasteiger partial charge is 0.266 e. The van der Waals surface area contributed by atoms with Crippen LogP contribution >= 0.6 is 11.3 Å². The van der Waals surface area contributed by atoms with E-state index in [1.165, 1.54) is 30.5 Å². The summed E-state index contributed by atoms with van der Waals surface area (Å²) in [5, 5.41) is 28.0. The van der Waals surface area contributed by atoms with Crippen LogP contribution in [0.15, 0.2) is 118 Å². The maximum atomic E-state index is 14.5. The van der Waals surface area contributed by atoms with Gasteiger partial charge in [0.2, 0.25) is 29.5 Å². The Morgan fingerprint density at radius 1 is 0.866 bits per heavy atom. The molecule has 82 heavy (non-hydrogen) atoms. The Morgan fingerprint density at radius 3 is 2.35 bits per heavy atom. The number of β-amino-alcohol motifs (C(OH)–C–C–N with tert-alkyl or cyclic N) is 1. The number of anilines is 1. The van der Waals surface area contributed by atoms with Gasteiger partial charge in [0.05, 0.1) is 46.6 Å². The summed E-state index contributed by atoms with van der Waals surface area (Å²) in [6, 6.07) is 19.9. The number of hydrogen-bond acceptors (Lipinski definition) is 15. The zero-order chi connectivity index (χ0) is 58.3. The molecule has 6 heterocycles. The lowest BCUT2D eigenvalue weighted by molar-refractivity contribution is -0.144. The number of unbranched alkanes of at least 4 members (excludes halogenated alkanes) is 4. The predicted octanol–water partition coefficient (Wildman–Crippen LogP) is 8.51. The van der Waals surface area contributed by atoms with Crippen molar-refractivity contribution < 1.29 is 50.6 Å². The first-order chi connectivity index (χ1) is 39.3. The van der Waals surface area contributed by atoms with Crippen molar-refractivity contribution in [2.24, 2.45) is 5.41 Å². The minimum absolute atomic E-state index is 0.0199. The van der Waals surface area contributed by atoms with Gasteiger partial charge in [0.1, 0.15) is 45.6 Å². The van der Waals surface area contributed by atoms with Gasteiger partial charge in [0.15, 0.2) is 0 Å². The zero-order valence-electron chi connectivity index (χ0n) is 45.6. The number of nitrogens with zero attached hydrogens (tertiary/aromatic N) is 7. The number of nitrogens with one attached hydrogen (secondary N) is 4. The number of carbonyl (C=O) groups is 4. The molecule has 0 aliphatic carbocycles. The zero-order valence-corrected chi connectivity index (χ0v) is 47.2. The molecule has 5 aromatic heterocycles. The quantitative estimate of drug-likeness (QED) is 0.0399. The first kappa shape index (κ1) is 58.2. The number of benzene rings is 3. The van der Waals surface area contributed by atoms with Gasteiger partial charge in [-0.3, -0.25) is 28.3 Å². The highest BCUT2D eigenvalue weighted by atomic mass is 32.2. The number of likely N-dealkylation sites (tertiary alicyclic amines) is 1. The Labute approximate surface area is 475 Å². The summed E-state index contributed by atoms with van der Waals surface area (Å²) in [5.41, 5.74) is 6.50. The second-order valence-electron chi connectivity index (χ2n) is 20.9. The van der Waals surface area contributed by atoms with Gasteiger partial charge in [-0.05, 0) is 78.8 Å². The number of aliphatic hydroxyl groups excluding tert-OH is 1. The number of hydrogen-bond donors (Lipinski definition) is 5. The van der Waals surface area contributed by atoms with Crippen LogP contribution in [-0.2, 0) is 31.0 Å². The van der Waals surface area contributed by atoms with E-state index in [4.69, 9.17) is 9.15 Å². The van der Waals surface area contributed by atoms with Crippen molar-refractivity contribution in [2.75, 3.05) is 24.9 Å². The third kappa shape index (κ3) is 13.5. The van der Waals surface area contributed by atoms with Crippen LogP contribution < -0.4 is 25.4 Å². The number of rotatable bonds is 22. The van der Waals surface area contributed by atoms with Crippen LogP contribution in [0.5, 0.6) is 5.88 Å². The number of aryl methyl sites for hydroxylation is 1. The minimum Gasteiger partial charge on any atom is -0.480 e. The first-order valence-corrected chi connectivity index (χ1v) is 28.9. The average Bonchev–Trinajstić information content (AvgIpc) is 4.43. The molecule has 20 nitrogen and oxygen atoms in total. The number of imidazole rings is 1. The molecule has 9 rings (SSSR count). The highest BCUT2D eigenvalue weighted by molar-refractivity contribution is 7.92. The summed E-state index contributed by atoms with van der Waals surface area (Å²) < 4.78 is 69.8. The number of aliphatic hydroxyl groups is 1. The van der Waals surface area contributed by atoms with E-state index in [2.05, 4.69) is 45.8 Å². The van der Waals surface area contributed by atoms with Gasteiger partial charge in [0, 0.05) is 62.1 Å². The van der Waals surface area contributed by atoms with Crippen molar-refractivity contribution in [2.45, 2.75) is 102 Å². The molecule has 24 heteroatoms. The van der Waals surface area contributed by atoms with E-state index in [1.807, 2.05) is 52.0 Å². The maximum Gasteiger partial charge on any atom is 0.266 e. The second-order valence-corrected chi connectivity index (χ2v) is 23.4. The number of fused-ring (bicyclic) bond motifs is 1. The fourth-order valence-electron chi connectivity index (χ4n) is 9.60. The van der Waals surface area contributed by atoms with Crippen LogP contribution in [0, 0.1) is 24.0 Å². The molecule has 0 radical (unpaired) electrons. The molecule has 4 amide bonds. The topological polar surface area (TPSA) is 265 Å². The predicted molar refractivity (Wildman–Crippen MR) is 303 cm³/mol. The molecule has 1 saturated heterocycles. The highest BCUT2D eigenvalue weighted by Crippen LogP contribution is 2.34. The first-order valence-electron chi connectivity index (χ1n) is 26.5. The van der Waals surface area contributed by atoms with E-state index in [0.29, 0.717) is 59.0 Å². The number of aromatic nitrogens is 6. The SMILES string of the molecule is COc1ncc(-c2ccc3ncc(-c4nnc(-c5ccccc5C(=O)NCCCCCCCC(=O)N[C@H](C(=O)N5C[C@H](O)C[C@H]5C(=O)NCc5ccc(-c6scnc6C)cc5)C(C)(C)C)o4)n3c2)cc1NS(=O)(=O)c1ccc(F)cc1F. The maximum absolute atomic E-state index is 14.5. The number of pyridine rings is 2. The summed E-state index contributed by atoms with van der Waals surface area (Å²) in [4.78, 5) is 69.2. The lowest BCUT2D eigenvalue weighted by Gasteiger charge is -2.35. The van der Waals surface area contributed by atoms with Crippen molar-refractivity contribution >= 4 is 56.3 Å². The molecular weight excluding hydrogens is 1100 g/mol. The van der Waals surface area contributed by atoms with Crippen LogP contribution in [0.3, 0.4) is 0 Å². The number of sulfonamides is 1. The average molecular weight is 1160 g/mol. The second kappa shape index (κ2) is 25.1. The lowest BCUT2D eigenvalue weighted by atomic mass is 9.85. The van der Waals surface area contributed by atoms with Gasteiger partial charge in [-0.15, -0.1) is 21.5 Å². The van der Waals surface area contributed by atoms with Gasteiger partial charge in [-0.25, -0.2) is 32.2 Å². The molecule has 428 valence electrons. The molecule has 3 aromatic carbocycles. The number of ether oxygens (including phenoxy) is 1. The summed E-state index contributed by atoms with van der Waals surface area (Å²) in [7, 11) is -3.24. The van der Waals surface area contributed by atoms with E-state index in [0.717, 1.165) is 53.1 Å². The van der Waals surface area contributed by atoms with Gasteiger partial charge in [0.25, 0.3) is 21.8 Å². The minimum atomic E-state index is -4.53. The third-order valence-electron chi connectivity index (χ3n) is 13.9. The molecule has 3 atom stereocenters. The molecule has 8 aromatic rings. The molecule has 0 unspecified atom stereocenters. The van der Waals surface area contributed by atoms with Crippen molar-refractivity contribution in [1.29, 1.82) is 0 Å². The lowest BCUT2D eigenvalue weighted by Crippen LogP contribution is -2.57. The summed E-state index contributed by atoms with van der Waals surface area (Å²) in [6.45, 7) is 8.12. The van der Waals surface area contributed by atoms with Crippen LogP contribution in [-0.4, -0.2) is 110 Å². The number of thiazole rings is 1. The van der Waals surface area contributed by atoms with Crippen LogP contribution in [0.25, 0.3) is 50.3 Å². The summed E-state index contributed by atoms with van der Waals surface area (Å²) in [5.74, 6) is -3.55. The standard InChI is InChI=1S/C58H61F2N11O9S2/c1-34-50(81-33-65-34)36-18-16-35(17-19-36)28-63-53(75)45-27-40(72)32-71(45)57(76)51(58(2,3)4)66-49(73)15-9-7-6-8-12-24-61-52(74)41-13-10-11-14-42(41)54-67-68-56(80-54)46-30-62-48-23-20-37(31-70(46)48)38-25-44(55(79-5)64-29-38)69-82(77,78)47-22-21-39(59)26-43(47)60/h10-11,13-14,16-23,25-26,29-31,33,40,45,51,69,72H,6-9,12,15,24,27-28,32H2,1-5H3,(H,61,74)(H,63,75)(H,66,73)/t40-,45+,51-/m1/s1. The number of methoxy groups -OCH3 is 1. The van der Waals surface area contributed by atoms with Gasteiger partial charge in [-0.1, -0.05) is 76.4 Å². The molecule has 1 aliphatic heterocycles. The Morgan fingerprint density at radius 2 is 1.61 bits per heavy atom. The Bertz CT molecular complexity index is 3750.